The largest absolute Gasteiger partial charge is 0.508 e. The number of phenols is 2. The molecule has 2 bridgehead atoms. The predicted octanol–water partition coefficient (Wildman–Crippen LogP) is 4.32. The molecule has 3 unspecified atom stereocenters. The molecule has 0 amide bonds. The molecule has 2 saturated carbocycles. The van der Waals surface area contributed by atoms with Gasteiger partial charge in [0.1, 0.15) is 11.5 Å². The van der Waals surface area contributed by atoms with Crippen LogP contribution in [0.2, 0.25) is 0 Å². The van der Waals surface area contributed by atoms with E-state index in [0.29, 0.717) is 23.3 Å². The highest BCUT2D eigenvalue weighted by molar-refractivity contribution is 5.48. The monoisotopic (exact) mass is 280 g/mol. The molecular formula is C19H20O2. The minimum atomic E-state index is -0.00512. The minimum Gasteiger partial charge on any atom is -0.508 e. The van der Waals surface area contributed by atoms with E-state index in [1.54, 1.807) is 12.1 Å². The number of phenolic OH excluding ortho intramolecular Hbond substituents is 2. The maximum Gasteiger partial charge on any atom is 0.119 e. The molecule has 2 aromatic rings. The van der Waals surface area contributed by atoms with Crippen molar-refractivity contribution in [2.75, 3.05) is 0 Å². The molecule has 108 valence electrons. The van der Waals surface area contributed by atoms with Gasteiger partial charge in [-0.05, 0) is 55.2 Å². The topological polar surface area (TPSA) is 40.5 Å². The quantitative estimate of drug-likeness (QED) is 0.860. The molecule has 0 radical (unpaired) electrons. The van der Waals surface area contributed by atoms with E-state index < -0.39 is 0 Å². The second kappa shape index (κ2) is 4.52. The van der Waals surface area contributed by atoms with E-state index in [4.69, 9.17) is 0 Å². The first-order chi connectivity index (χ1) is 10.2. The highest BCUT2D eigenvalue weighted by atomic mass is 16.3. The molecule has 2 heteroatoms. The first-order valence-corrected chi connectivity index (χ1v) is 7.77. The van der Waals surface area contributed by atoms with Gasteiger partial charge in [-0.3, -0.25) is 0 Å². The van der Waals surface area contributed by atoms with Crippen LogP contribution in [0.3, 0.4) is 0 Å². The van der Waals surface area contributed by atoms with Gasteiger partial charge in [-0.15, -0.1) is 0 Å². The summed E-state index contributed by atoms with van der Waals surface area (Å²) in [5.41, 5.74) is 2.11. The highest BCUT2D eigenvalue weighted by Crippen LogP contribution is 2.64. The van der Waals surface area contributed by atoms with Crippen molar-refractivity contribution in [3.8, 4) is 11.5 Å². The van der Waals surface area contributed by atoms with Crippen LogP contribution in [0.15, 0.2) is 48.5 Å². The number of hydrogen-bond acceptors (Lipinski definition) is 2. The second-order valence-electron chi connectivity index (χ2n) is 6.63. The third kappa shape index (κ3) is 1.78. The molecule has 2 aliphatic carbocycles. The molecule has 0 spiro atoms. The van der Waals surface area contributed by atoms with Gasteiger partial charge in [0.2, 0.25) is 0 Å². The maximum atomic E-state index is 10.4. The minimum absolute atomic E-state index is 0.00512. The van der Waals surface area contributed by atoms with Crippen LogP contribution in [0, 0.1) is 5.92 Å². The number of benzene rings is 2. The highest BCUT2D eigenvalue weighted by Gasteiger charge is 2.54. The average molecular weight is 280 g/mol. The molecule has 2 fully saturated rings. The summed E-state index contributed by atoms with van der Waals surface area (Å²) in [6, 6.07) is 15.4. The van der Waals surface area contributed by atoms with Crippen molar-refractivity contribution >= 4 is 0 Å². The molecule has 21 heavy (non-hydrogen) atoms. The van der Waals surface area contributed by atoms with Gasteiger partial charge in [0.05, 0.1) is 0 Å². The molecule has 3 atom stereocenters. The van der Waals surface area contributed by atoms with E-state index in [0.717, 1.165) is 30.4 Å². The van der Waals surface area contributed by atoms with Crippen LogP contribution >= 0.6 is 0 Å². The predicted molar refractivity (Wildman–Crippen MR) is 82.6 cm³/mol. The first kappa shape index (κ1) is 12.8. The number of hydrogen-bond donors (Lipinski definition) is 2. The Bertz CT molecular complexity index is 679. The summed E-state index contributed by atoms with van der Waals surface area (Å²) in [5, 5.41) is 20.6. The fourth-order valence-electron chi connectivity index (χ4n) is 4.79. The fourth-order valence-corrected chi connectivity index (χ4v) is 4.79. The summed E-state index contributed by atoms with van der Waals surface area (Å²) >= 11 is 0. The maximum absolute atomic E-state index is 10.4. The SMILES string of the molecule is Oc1ccccc1C1CC2CCC1(c1ccccc1O)C2. The van der Waals surface area contributed by atoms with Crippen molar-refractivity contribution in [2.45, 2.75) is 37.0 Å². The van der Waals surface area contributed by atoms with E-state index in [2.05, 4.69) is 6.07 Å². The molecule has 2 nitrogen and oxygen atoms in total. The third-order valence-corrected chi connectivity index (χ3v) is 5.64. The number of rotatable bonds is 2. The Kier molecular flexibility index (Phi) is 2.75. The van der Waals surface area contributed by atoms with Crippen LogP contribution in [-0.2, 0) is 5.41 Å². The smallest absolute Gasteiger partial charge is 0.119 e. The summed E-state index contributed by atoms with van der Waals surface area (Å²) in [6.45, 7) is 0. The van der Waals surface area contributed by atoms with Crippen molar-refractivity contribution in [3.63, 3.8) is 0 Å². The van der Waals surface area contributed by atoms with Crippen molar-refractivity contribution < 1.29 is 10.2 Å². The van der Waals surface area contributed by atoms with Crippen molar-refractivity contribution in [2.24, 2.45) is 5.92 Å². The molecule has 2 aromatic carbocycles. The van der Waals surface area contributed by atoms with Gasteiger partial charge < -0.3 is 10.2 Å². The van der Waals surface area contributed by atoms with Crippen molar-refractivity contribution in [1.29, 1.82) is 0 Å². The van der Waals surface area contributed by atoms with Gasteiger partial charge in [-0.25, -0.2) is 0 Å². The number of fused-ring (bicyclic) bond motifs is 2. The Labute approximate surface area is 125 Å². The van der Waals surface area contributed by atoms with E-state index in [9.17, 15) is 10.2 Å². The lowest BCUT2D eigenvalue weighted by Gasteiger charge is -2.36. The van der Waals surface area contributed by atoms with Gasteiger partial charge in [0.15, 0.2) is 0 Å². The van der Waals surface area contributed by atoms with Crippen LogP contribution in [0.1, 0.15) is 42.7 Å². The van der Waals surface area contributed by atoms with Gasteiger partial charge in [-0.1, -0.05) is 36.4 Å². The van der Waals surface area contributed by atoms with Crippen LogP contribution in [-0.4, -0.2) is 10.2 Å². The van der Waals surface area contributed by atoms with Crippen molar-refractivity contribution in [3.05, 3.63) is 59.7 Å². The lowest BCUT2D eigenvalue weighted by atomic mass is 9.67. The fraction of sp³-hybridized carbons (Fsp3) is 0.368. The van der Waals surface area contributed by atoms with Crippen LogP contribution < -0.4 is 0 Å². The Morgan fingerprint density at radius 3 is 2.33 bits per heavy atom. The number of para-hydroxylation sites is 2. The summed E-state index contributed by atoms with van der Waals surface area (Å²) in [4.78, 5) is 0. The Balaban J connectivity index is 1.86. The average Bonchev–Trinajstić information content (AvgIpc) is 3.07. The van der Waals surface area contributed by atoms with E-state index in [1.807, 2.05) is 30.3 Å². The Hall–Kier alpha value is -1.96. The van der Waals surface area contributed by atoms with Crippen LogP contribution in [0.5, 0.6) is 11.5 Å². The zero-order valence-corrected chi connectivity index (χ0v) is 12.0. The summed E-state index contributed by atoms with van der Waals surface area (Å²) in [7, 11) is 0. The van der Waals surface area contributed by atoms with Gasteiger partial charge in [0, 0.05) is 11.0 Å². The lowest BCUT2D eigenvalue weighted by Crippen LogP contribution is -2.28. The van der Waals surface area contributed by atoms with E-state index in [-0.39, 0.29) is 5.41 Å². The molecule has 2 aliphatic rings. The van der Waals surface area contributed by atoms with Crippen LogP contribution in [0.25, 0.3) is 0 Å². The second-order valence-corrected chi connectivity index (χ2v) is 6.63. The summed E-state index contributed by atoms with van der Waals surface area (Å²) < 4.78 is 0. The molecular weight excluding hydrogens is 260 g/mol. The van der Waals surface area contributed by atoms with Crippen LogP contribution in [0.4, 0.5) is 0 Å². The molecule has 0 aliphatic heterocycles. The first-order valence-electron chi connectivity index (χ1n) is 7.77. The molecule has 0 heterocycles. The number of aromatic hydroxyl groups is 2. The third-order valence-electron chi connectivity index (χ3n) is 5.64. The zero-order valence-electron chi connectivity index (χ0n) is 12.0. The zero-order chi connectivity index (χ0) is 14.4. The normalized spacial score (nSPS) is 30.7. The van der Waals surface area contributed by atoms with E-state index in [1.165, 1.54) is 6.42 Å². The summed E-state index contributed by atoms with van der Waals surface area (Å²) in [6.07, 6.45) is 4.59. The van der Waals surface area contributed by atoms with Gasteiger partial charge >= 0.3 is 0 Å². The van der Waals surface area contributed by atoms with Crippen molar-refractivity contribution in [1.82, 2.24) is 0 Å². The standard InChI is InChI=1S/C19H20O2/c20-17-7-3-1-5-14(17)16-11-13-9-10-19(16,12-13)15-6-2-4-8-18(15)21/h1-8,13,16,20-21H,9-12H2. The van der Waals surface area contributed by atoms with Gasteiger partial charge in [-0.2, -0.15) is 0 Å². The summed E-state index contributed by atoms with van der Waals surface area (Å²) in [5.74, 6) is 1.82. The Morgan fingerprint density at radius 2 is 1.62 bits per heavy atom. The van der Waals surface area contributed by atoms with Gasteiger partial charge in [0.25, 0.3) is 0 Å². The molecule has 0 saturated heterocycles. The molecule has 2 N–H and O–H groups in total. The molecule has 4 rings (SSSR count). The molecule has 0 aromatic heterocycles. The lowest BCUT2D eigenvalue weighted by molar-refractivity contribution is 0.334. The Morgan fingerprint density at radius 1 is 0.905 bits per heavy atom. The van der Waals surface area contributed by atoms with E-state index >= 15 is 0 Å².